The Morgan fingerprint density at radius 3 is 2.42 bits per heavy atom. The first-order valence-electron chi connectivity index (χ1n) is 7.41. The Hall–Kier alpha value is -1.38. The number of hydrogen-bond donors (Lipinski definition) is 1. The predicted octanol–water partition coefficient (Wildman–Crippen LogP) is 3.26. The highest BCUT2D eigenvalue weighted by Gasteiger charge is 2.31. The molecule has 0 unspecified atom stereocenters. The average Bonchev–Trinajstić information content (AvgIpc) is 2.55. The second-order valence-corrected chi connectivity index (χ2v) is 6.17. The highest BCUT2D eigenvalue weighted by atomic mass is 35.5. The third-order valence-electron chi connectivity index (χ3n) is 3.85. The summed E-state index contributed by atoms with van der Waals surface area (Å²) in [5.74, 6) is -0.545. The topological polar surface area (TPSA) is 35.6 Å². The van der Waals surface area contributed by atoms with Crippen LogP contribution in [0.15, 0.2) is 18.2 Å². The van der Waals surface area contributed by atoms with Gasteiger partial charge in [0, 0.05) is 26.2 Å². The first-order valence-corrected chi connectivity index (χ1v) is 8.20. The van der Waals surface area contributed by atoms with Gasteiger partial charge < -0.3 is 15.1 Å². The lowest BCUT2D eigenvalue weighted by Gasteiger charge is -2.35. The second-order valence-electron chi connectivity index (χ2n) is 5.37. The fraction of sp³-hybridized carbons (Fsp3) is 0.467. The molecule has 4 nitrogen and oxygen atoms in total. The number of carbonyl (C=O) groups is 1. The van der Waals surface area contributed by atoms with E-state index in [-0.39, 0.29) is 15.7 Å². The molecule has 1 aromatic rings. The van der Waals surface area contributed by atoms with Crippen molar-refractivity contribution in [3.05, 3.63) is 28.8 Å². The van der Waals surface area contributed by atoms with Crippen LogP contribution >= 0.6 is 23.8 Å². The summed E-state index contributed by atoms with van der Waals surface area (Å²) in [6.07, 6.45) is -4.49. The zero-order valence-corrected chi connectivity index (χ0v) is 14.6. The number of alkyl halides is 3. The maximum atomic E-state index is 12.6. The summed E-state index contributed by atoms with van der Waals surface area (Å²) in [5, 5.41) is 2.29. The summed E-state index contributed by atoms with van der Waals surface area (Å²) < 4.78 is 37.8. The lowest BCUT2D eigenvalue weighted by Crippen LogP contribution is -2.50. The van der Waals surface area contributed by atoms with Gasteiger partial charge in [-0.1, -0.05) is 30.7 Å². The van der Waals surface area contributed by atoms with Gasteiger partial charge in [-0.2, -0.15) is 13.2 Å². The molecule has 1 heterocycles. The number of anilines is 1. The minimum absolute atomic E-state index is 0.101. The molecule has 1 N–H and O–H groups in total. The Bertz CT molecular complexity index is 631. The highest BCUT2D eigenvalue weighted by Crippen LogP contribution is 2.33. The van der Waals surface area contributed by atoms with Gasteiger partial charge in [-0.3, -0.25) is 4.79 Å². The third kappa shape index (κ3) is 4.58. The molecule has 0 aliphatic carbocycles. The molecule has 0 atom stereocenters. The number of hydrogen-bond acceptors (Lipinski definition) is 3. The van der Waals surface area contributed by atoms with Gasteiger partial charge in [-0.25, -0.2) is 0 Å². The van der Waals surface area contributed by atoms with E-state index >= 15 is 0 Å². The quantitative estimate of drug-likeness (QED) is 0.800. The van der Waals surface area contributed by atoms with Gasteiger partial charge in [0.15, 0.2) is 4.99 Å². The number of halogens is 4. The van der Waals surface area contributed by atoms with Gasteiger partial charge >= 0.3 is 6.18 Å². The van der Waals surface area contributed by atoms with E-state index in [4.69, 9.17) is 23.8 Å². The molecule has 1 fully saturated rings. The van der Waals surface area contributed by atoms with Crippen LogP contribution in [0.2, 0.25) is 5.02 Å². The summed E-state index contributed by atoms with van der Waals surface area (Å²) in [6, 6.07) is 2.77. The first kappa shape index (κ1) is 19.0. The number of piperazine rings is 1. The van der Waals surface area contributed by atoms with Gasteiger partial charge in [-0.15, -0.1) is 0 Å². The number of thiocarbonyl (C=S) groups is 1. The summed E-state index contributed by atoms with van der Waals surface area (Å²) in [7, 11) is 0. The zero-order chi connectivity index (χ0) is 17.9. The van der Waals surface area contributed by atoms with E-state index in [2.05, 4.69) is 17.1 Å². The van der Waals surface area contributed by atoms with Crippen LogP contribution in [0.1, 0.15) is 12.5 Å². The Balaban J connectivity index is 2.00. The molecule has 1 aliphatic heterocycles. The standard InChI is InChI=1S/C15H17ClF3N3OS/c1-2-21-5-7-22(8-6-21)14(24)13(23)20-12-4-3-10(9-11(12)16)15(17,18)19/h3-4,9H,2,5-8H2,1H3,(H,20,23). The molecule has 24 heavy (non-hydrogen) atoms. The molecule has 2 rings (SSSR count). The van der Waals surface area contributed by atoms with E-state index in [1.54, 1.807) is 4.90 Å². The zero-order valence-electron chi connectivity index (χ0n) is 13.0. The fourth-order valence-electron chi connectivity index (χ4n) is 2.38. The summed E-state index contributed by atoms with van der Waals surface area (Å²) in [6.45, 7) is 5.90. The van der Waals surface area contributed by atoms with E-state index in [0.717, 1.165) is 37.8 Å². The first-order chi connectivity index (χ1) is 11.2. The molecule has 0 saturated carbocycles. The number of rotatable bonds is 2. The number of nitrogens with zero attached hydrogens (tertiary/aromatic N) is 2. The minimum atomic E-state index is -4.49. The van der Waals surface area contributed by atoms with Gasteiger partial charge in [-0.05, 0) is 24.7 Å². The Morgan fingerprint density at radius 1 is 1.29 bits per heavy atom. The normalized spacial score (nSPS) is 16.1. The smallest absolute Gasteiger partial charge is 0.356 e. The molecule has 1 saturated heterocycles. The van der Waals surface area contributed by atoms with E-state index in [1.807, 2.05) is 0 Å². The molecular weight excluding hydrogens is 363 g/mol. The van der Waals surface area contributed by atoms with Gasteiger partial charge in [0.1, 0.15) is 0 Å². The summed E-state index contributed by atoms with van der Waals surface area (Å²) in [4.78, 5) is 16.3. The maximum absolute atomic E-state index is 12.6. The van der Waals surface area contributed by atoms with Crippen molar-refractivity contribution in [3.63, 3.8) is 0 Å². The van der Waals surface area contributed by atoms with E-state index in [0.29, 0.717) is 13.1 Å². The van der Waals surface area contributed by atoms with Crippen LogP contribution in [0, 0.1) is 0 Å². The predicted molar refractivity (Wildman–Crippen MR) is 91.4 cm³/mol. The van der Waals surface area contributed by atoms with Crippen molar-refractivity contribution in [1.82, 2.24) is 9.80 Å². The van der Waals surface area contributed by atoms with Crippen LogP contribution < -0.4 is 5.32 Å². The van der Waals surface area contributed by atoms with Gasteiger partial charge in [0.05, 0.1) is 16.3 Å². The van der Waals surface area contributed by atoms with Crippen molar-refractivity contribution < 1.29 is 18.0 Å². The third-order valence-corrected chi connectivity index (χ3v) is 4.60. The molecule has 0 radical (unpaired) electrons. The second kappa shape index (κ2) is 7.67. The van der Waals surface area contributed by atoms with Crippen LogP contribution in [-0.4, -0.2) is 53.4 Å². The lowest BCUT2D eigenvalue weighted by atomic mass is 10.2. The molecule has 0 spiro atoms. The van der Waals surface area contributed by atoms with Crippen LogP contribution in [0.4, 0.5) is 18.9 Å². The molecule has 132 valence electrons. The Kier molecular flexibility index (Phi) is 6.06. The summed E-state index contributed by atoms with van der Waals surface area (Å²) in [5.41, 5.74) is -0.770. The number of benzene rings is 1. The number of amides is 1. The number of likely N-dealkylation sites (N-methyl/N-ethyl adjacent to an activating group) is 1. The molecule has 1 aliphatic rings. The van der Waals surface area contributed by atoms with Crippen molar-refractivity contribution in [3.8, 4) is 0 Å². The SMILES string of the molecule is CCN1CCN(C(=S)C(=O)Nc2ccc(C(F)(F)F)cc2Cl)CC1. The Morgan fingerprint density at radius 2 is 1.92 bits per heavy atom. The van der Waals surface area contributed by atoms with Crippen molar-refractivity contribution in [2.75, 3.05) is 38.0 Å². The molecule has 0 bridgehead atoms. The largest absolute Gasteiger partial charge is 0.416 e. The van der Waals surface area contributed by atoms with Crippen LogP contribution in [0.5, 0.6) is 0 Å². The van der Waals surface area contributed by atoms with Crippen molar-refractivity contribution in [2.24, 2.45) is 0 Å². The fourth-order valence-corrected chi connectivity index (χ4v) is 2.84. The van der Waals surface area contributed by atoms with Crippen molar-refractivity contribution in [1.29, 1.82) is 0 Å². The monoisotopic (exact) mass is 379 g/mol. The molecule has 0 aromatic heterocycles. The number of nitrogens with one attached hydrogen (secondary N) is 1. The van der Waals surface area contributed by atoms with Crippen molar-refractivity contribution in [2.45, 2.75) is 13.1 Å². The molecular formula is C15H17ClF3N3OS. The van der Waals surface area contributed by atoms with Crippen LogP contribution in [-0.2, 0) is 11.0 Å². The number of carbonyl (C=O) groups excluding carboxylic acids is 1. The van der Waals surface area contributed by atoms with Crippen molar-refractivity contribution >= 4 is 40.4 Å². The Labute approximate surface area is 148 Å². The van der Waals surface area contributed by atoms with Gasteiger partial charge in [0.25, 0.3) is 5.91 Å². The highest BCUT2D eigenvalue weighted by molar-refractivity contribution is 7.82. The van der Waals surface area contributed by atoms with E-state index in [9.17, 15) is 18.0 Å². The molecule has 1 amide bonds. The van der Waals surface area contributed by atoms with Gasteiger partial charge in [0.2, 0.25) is 0 Å². The van der Waals surface area contributed by atoms with Crippen LogP contribution in [0.25, 0.3) is 0 Å². The van der Waals surface area contributed by atoms with Crippen LogP contribution in [0.3, 0.4) is 0 Å². The molecule has 9 heteroatoms. The average molecular weight is 380 g/mol. The van der Waals surface area contributed by atoms with E-state index in [1.165, 1.54) is 0 Å². The maximum Gasteiger partial charge on any atom is 0.416 e. The summed E-state index contributed by atoms with van der Waals surface area (Å²) >= 11 is 11.0. The molecule has 1 aromatic carbocycles. The van der Waals surface area contributed by atoms with E-state index < -0.39 is 17.6 Å². The minimum Gasteiger partial charge on any atom is -0.356 e. The lowest BCUT2D eigenvalue weighted by molar-refractivity contribution is -0.137.